The molecule has 2 N–H and O–H groups in total. The predicted octanol–water partition coefficient (Wildman–Crippen LogP) is 3.00. The van der Waals surface area contributed by atoms with Crippen LogP contribution in [0.15, 0.2) is 40.9 Å². The van der Waals surface area contributed by atoms with Gasteiger partial charge in [-0.15, -0.1) is 10.2 Å². The number of benzene rings is 1. The lowest BCUT2D eigenvalue weighted by Gasteiger charge is -2.35. The van der Waals surface area contributed by atoms with Gasteiger partial charge < -0.3 is 14.9 Å². The van der Waals surface area contributed by atoms with E-state index in [9.17, 15) is 9.90 Å². The van der Waals surface area contributed by atoms with E-state index in [1.807, 2.05) is 30.3 Å². The summed E-state index contributed by atoms with van der Waals surface area (Å²) in [7, 11) is 0. The monoisotopic (exact) mass is 384 g/mol. The highest BCUT2D eigenvalue weighted by Gasteiger charge is 2.32. The fourth-order valence-corrected chi connectivity index (χ4v) is 4.06. The molecular formula is C19H20N4O3S. The Morgan fingerprint density at radius 2 is 2.11 bits per heavy atom. The van der Waals surface area contributed by atoms with E-state index >= 15 is 0 Å². The zero-order valence-electron chi connectivity index (χ0n) is 14.8. The SMILES string of the molecule is CC(O)c1nnc(C[C@H]2C[C@H](NC(=O)c3cc(-c4ccccc4)on3)C2)s1. The lowest BCUT2D eigenvalue weighted by Crippen LogP contribution is -2.45. The largest absolute Gasteiger partial charge is 0.386 e. The van der Waals surface area contributed by atoms with Crippen LogP contribution < -0.4 is 5.32 Å². The van der Waals surface area contributed by atoms with Gasteiger partial charge in [0.25, 0.3) is 5.91 Å². The first-order chi connectivity index (χ1) is 13.1. The van der Waals surface area contributed by atoms with Crippen molar-refractivity contribution < 1.29 is 14.4 Å². The maximum Gasteiger partial charge on any atom is 0.273 e. The minimum absolute atomic E-state index is 0.142. The molecule has 3 aromatic rings. The Kier molecular flexibility index (Phi) is 5.00. The highest BCUT2D eigenvalue weighted by Crippen LogP contribution is 2.32. The van der Waals surface area contributed by atoms with Crippen molar-refractivity contribution >= 4 is 17.2 Å². The van der Waals surface area contributed by atoms with Crippen LogP contribution in [0.5, 0.6) is 0 Å². The van der Waals surface area contributed by atoms with Crippen LogP contribution in [0.3, 0.4) is 0 Å². The molecule has 0 bridgehead atoms. The van der Waals surface area contributed by atoms with E-state index in [2.05, 4.69) is 20.7 Å². The average Bonchev–Trinajstić information content (AvgIpc) is 3.30. The summed E-state index contributed by atoms with van der Waals surface area (Å²) in [6.07, 6.45) is 2.06. The molecule has 1 fully saturated rings. The van der Waals surface area contributed by atoms with Crippen molar-refractivity contribution in [2.24, 2.45) is 5.92 Å². The van der Waals surface area contributed by atoms with Gasteiger partial charge in [-0.2, -0.15) is 0 Å². The highest BCUT2D eigenvalue weighted by atomic mass is 32.1. The summed E-state index contributed by atoms with van der Waals surface area (Å²) in [5.74, 6) is 0.844. The molecule has 0 radical (unpaired) electrons. The lowest BCUT2D eigenvalue weighted by atomic mass is 9.78. The molecule has 1 saturated carbocycles. The van der Waals surface area contributed by atoms with Crippen molar-refractivity contribution in [3.05, 3.63) is 52.1 Å². The Balaban J connectivity index is 1.27. The Morgan fingerprint density at radius 1 is 1.33 bits per heavy atom. The second-order valence-corrected chi connectivity index (χ2v) is 7.96. The van der Waals surface area contributed by atoms with Crippen LogP contribution in [0, 0.1) is 5.92 Å². The summed E-state index contributed by atoms with van der Waals surface area (Å²) in [5, 5.41) is 26.1. The van der Waals surface area contributed by atoms with Gasteiger partial charge in [0, 0.05) is 24.1 Å². The fourth-order valence-electron chi connectivity index (χ4n) is 3.17. The topological polar surface area (TPSA) is 101 Å². The molecule has 2 aromatic heterocycles. The van der Waals surface area contributed by atoms with E-state index in [-0.39, 0.29) is 11.9 Å². The maximum absolute atomic E-state index is 12.4. The normalized spacial score (nSPS) is 20.1. The van der Waals surface area contributed by atoms with Crippen molar-refractivity contribution in [2.75, 3.05) is 0 Å². The number of carbonyl (C=O) groups is 1. The fraction of sp³-hybridized carbons (Fsp3) is 0.368. The maximum atomic E-state index is 12.4. The molecule has 1 amide bonds. The second kappa shape index (κ2) is 7.58. The van der Waals surface area contributed by atoms with Gasteiger partial charge in [-0.1, -0.05) is 46.8 Å². The predicted molar refractivity (Wildman–Crippen MR) is 100 cm³/mol. The molecule has 2 heterocycles. The summed E-state index contributed by atoms with van der Waals surface area (Å²) >= 11 is 1.45. The van der Waals surface area contributed by atoms with Crippen LogP contribution in [0.4, 0.5) is 0 Å². The van der Waals surface area contributed by atoms with Crippen LogP contribution in [0.25, 0.3) is 11.3 Å². The third-order valence-electron chi connectivity index (χ3n) is 4.68. The molecule has 27 heavy (non-hydrogen) atoms. The van der Waals surface area contributed by atoms with E-state index in [0.717, 1.165) is 29.8 Å². The summed E-state index contributed by atoms with van der Waals surface area (Å²) in [4.78, 5) is 12.4. The van der Waals surface area contributed by atoms with E-state index in [0.29, 0.717) is 22.4 Å². The van der Waals surface area contributed by atoms with E-state index < -0.39 is 6.10 Å². The molecule has 8 heteroatoms. The lowest BCUT2D eigenvalue weighted by molar-refractivity contribution is 0.0880. The van der Waals surface area contributed by atoms with Gasteiger partial charge in [-0.3, -0.25) is 4.79 Å². The molecule has 1 atom stereocenters. The van der Waals surface area contributed by atoms with Crippen molar-refractivity contribution in [3.8, 4) is 11.3 Å². The number of rotatable bonds is 6. The van der Waals surface area contributed by atoms with Crippen LogP contribution in [-0.2, 0) is 6.42 Å². The zero-order valence-corrected chi connectivity index (χ0v) is 15.6. The third kappa shape index (κ3) is 4.06. The van der Waals surface area contributed by atoms with Gasteiger partial charge in [0.2, 0.25) is 0 Å². The van der Waals surface area contributed by atoms with Gasteiger partial charge in [-0.25, -0.2) is 0 Å². The molecule has 1 aromatic carbocycles. The van der Waals surface area contributed by atoms with Crippen LogP contribution in [-0.4, -0.2) is 32.4 Å². The third-order valence-corrected chi connectivity index (χ3v) is 5.79. The summed E-state index contributed by atoms with van der Waals surface area (Å²) in [5.41, 5.74) is 1.18. The number of nitrogens with zero attached hydrogens (tertiary/aromatic N) is 3. The molecule has 0 saturated heterocycles. The molecule has 1 aliphatic carbocycles. The average molecular weight is 384 g/mol. The molecule has 140 valence electrons. The minimum atomic E-state index is -0.576. The van der Waals surface area contributed by atoms with Gasteiger partial charge in [0.1, 0.15) is 16.1 Å². The molecule has 0 aliphatic heterocycles. The van der Waals surface area contributed by atoms with Crippen molar-refractivity contribution in [1.29, 1.82) is 0 Å². The Bertz CT molecular complexity index is 916. The Morgan fingerprint density at radius 3 is 2.81 bits per heavy atom. The zero-order chi connectivity index (χ0) is 18.8. The first-order valence-corrected chi connectivity index (χ1v) is 9.73. The molecule has 7 nitrogen and oxygen atoms in total. The van der Waals surface area contributed by atoms with E-state index in [4.69, 9.17) is 4.52 Å². The van der Waals surface area contributed by atoms with Gasteiger partial charge in [-0.05, 0) is 25.7 Å². The molecule has 1 unspecified atom stereocenters. The van der Waals surface area contributed by atoms with Crippen LogP contribution in [0.2, 0.25) is 0 Å². The number of hydrogen-bond donors (Lipinski definition) is 2. The number of amides is 1. The highest BCUT2D eigenvalue weighted by molar-refractivity contribution is 7.11. The number of nitrogens with one attached hydrogen (secondary N) is 1. The Hall–Kier alpha value is -2.58. The number of aliphatic hydroxyl groups excluding tert-OH is 1. The first-order valence-electron chi connectivity index (χ1n) is 8.92. The molecule has 0 spiro atoms. The van der Waals surface area contributed by atoms with Crippen molar-refractivity contribution in [2.45, 2.75) is 38.3 Å². The molecular weight excluding hydrogens is 364 g/mol. The number of aliphatic hydroxyl groups is 1. The summed E-state index contributed by atoms with van der Waals surface area (Å²) < 4.78 is 5.28. The number of aromatic nitrogens is 3. The Labute approximate surface area is 160 Å². The standard InChI is InChI=1S/C19H20N4O3S/c1-11(24)19-22-21-17(27-19)9-12-7-14(8-12)20-18(25)15-10-16(26-23-15)13-5-3-2-4-6-13/h2-6,10-12,14,24H,7-9H2,1H3,(H,20,25)/t11?,12-,14-. The summed E-state index contributed by atoms with van der Waals surface area (Å²) in [6, 6.07) is 11.4. The van der Waals surface area contributed by atoms with Gasteiger partial charge in [0.15, 0.2) is 11.5 Å². The van der Waals surface area contributed by atoms with E-state index in [1.54, 1.807) is 13.0 Å². The van der Waals surface area contributed by atoms with Crippen LogP contribution in [0.1, 0.15) is 46.4 Å². The van der Waals surface area contributed by atoms with Gasteiger partial charge in [0.05, 0.1) is 0 Å². The first kappa shape index (κ1) is 17.8. The number of carbonyl (C=O) groups excluding carboxylic acids is 1. The minimum Gasteiger partial charge on any atom is -0.386 e. The quantitative estimate of drug-likeness (QED) is 0.677. The summed E-state index contributed by atoms with van der Waals surface area (Å²) in [6.45, 7) is 1.69. The van der Waals surface area contributed by atoms with E-state index in [1.165, 1.54) is 11.3 Å². The van der Waals surface area contributed by atoms with Crippen molar-refractivity contribution in [1.82, 2.24) is 20.7 Å². The second-order valence-electron chi connectivity index (χ2n) is 6.86. The smallest absolute Gasteiger partial charge is 0.273 e. The molecule has 4 rings (SSSR count). The molecule has 1 aliphatic rings. The van der Waals surface area contributed by atoms with Crippen LogP contribution >= 0.6 is 11.3 Å². The van der Waals surface area contributed by atoms with Crippen molar-refractivity contribution in [3.63, 3.8) is 0 Å². The van der Waals surface area contributed by atoms with Gasteiger partial charge >= 0.3 is 0 Å². The number of hydrogen-bond acceptors (Lipinski definition) is 7.